The molecule has 1 heterocycles. The van der Waals surface area contributed by atoms with E-state index in [4.69, 9.17) is 41.2 Å². The fourth-order valence-corrected chi connectivity index (χ4v) is 3.02. The highest BCUT2D eigenvalue weighted by Gasteiger charge is 2.30. The Labute approximate surface area is 127 Å². The van der Waals surface area contributed by atoms with E-state index >= 15 is 0 Å². The maximum atomic E-state index is 12.5. The SMILES string of the molecule is NC(=S)C1CCCCN1C(=O)c1ccc(Cl)cc1Cl. The molecule has 2 N–H and O–H groups in total. The molecule has 0 radical (unpaired) electrons. The molecule has 1 aliphatic heterocycles. The van der Waals surface area contributed by atoms with Crippen LogP contribution in [0.2, 0.25) is 10.0 Å². The maximum Gasteiger partial charge on any atom is 0.255 e. The number of carbonyl (C=O) groups excluding carboxylic acids is 1. The van der Waals surface area contributed by atoms with Gasteiger partial charge in [-0.2, -0.15) is 0 Å². The van der Waals surface area contributed by atoms with Crippen LogP contribution in [0.4, 0.5) is 0 Å². The number of halogens is 2. The van der Waals surface area contributed by atoms with E-state index in [2.05, 4.69) is 0 Å². The number of benzene rings is 1. The first-order chi connectivity index (χ1) is 9.00. The first kappa shape index (κ1) is 14.6. The molecule has 0 aliphatic carbocycles. The number of rotatable bonds is 2. The van der Waals surface area contributed by atoms with Crippen LogP contribution in [0, 0.1) is 0 Å². The standard InChI is InChI=1S/C13H14Cl2N2OS/c14-8-4-5-9(10(15)7-8)13(18)17-6-2-1-3-11(17)12(16)19/h4-5,7,11H,1-3,6H2,(H2,16,19). The summed E-state index contributed by atoms with van der Waals surface area (Å²) in [4.78, 5) is 14.6. The van der Waals surface area contributed by atoms with Gasteiger partial charge in [0.05, 0.1) is 21.6 Å². The molecule has 1 aliphatic rings. The van der Waals surface area contributed by atoms with Gasteiger partial charge in [-0.15, -0.1) is 0 Å². The molecule has 102 valence electrons. The molecular weight excluding hydrogens is 303 g/mol. The number of hydrogen-bond acceptors (Lipinski definition) is 2. The topological polar surface area (TPSA) is 46.3 Å². The number of nitrogens with two attached hydrogens (primary N) is 1. The highest BCUT2D eigenvalue weighted by atomic mass is 35.5. The fraction of sp³-hybridized carbons (Fsp3) is 0.385. The highest BCUT2D eigenvalue weighted by molar-refractivity contribution is 7.80. The molecule has 1 aromatic rings. The Bertz CT molecular complexity index is 521. The molecule has 0 aromatic heterocycles. The first-order valence-corrected chi connectivity index (χ1v) is 7.22. The van der Waals surface area contributed by atoms with Gasteiger partial charge in [0.2, 0.25) is 0 Å². The van der Waals surface area contributed by atoms with E-state index < -0.39 is 0 Å². The lowest BCUT2D eigenvalue weighted by molar-refractivity contribution is 0.0681. The zero-order valence-corrected chi connectivity index (χ0v) is 12.6. The molecule has 0 saturated carbocycles. The molecule has 19 heavy (non-hydrogen) atoms. The van der Waals surface area contributed by atoms with Crippen molar-refractivity contribution in [3.05, 3.63) is 33.8 Å². The van der Waals surface area contributed by atoms with Crippen LogP contribution in [0.1, 0.15) is 29.6 Å². The second kappa shape index (κ2) is 6.07. The zero-order valence-electron chi connectivity index (χ0n) is 10.2. The summed E-state index contributed by atoms with van der Waals surface area (Å²) in [6.07, 6.45) is 2.79. The number of likely N-dealkylation sites (tertiary alicyclic amines) is 1. The number of carbonyl (C=O) groups is 1. The van der Waals surface area contributed by atoms with Crippen molar-refractivity contribution in [3.8, 4) is 0 Å². The Hall–Kier alpha value is -0.840. The Balaban J connectivity index is 2.28. The van der Waals surface area contributed by atoms with E-state index in [1.165, 1.54) is 0 Å². The molecule has 1 fully saturated rings. The summed E-state index contributed by atoms with van der Waals surface area (Å²) in [5.74, 6) is -0.140. The van der Waals surface area contributed by atoms with Gasteiger partial charge < -0.3 is 10.6 Å². The molecule has 2 rings (SSSR count). The lowest BCUT2D eigenvalue weighted by Gasteiger charge is -2.35. The van der Waals surface area contributed by atoms with Crippen LogP contribution in [-0.4, -0.2) is 28.4 Å². The minimum Gasteiger partial charge on any atom is -0.392 e. The van der Waals surface area contributed by atoms with Crippen LogP contribution in [0.15, 0.2) is 18.2 Å². The summed E-state index contributed by atoms with van der Waals surface area (Å²) < 4.78 is 0. The van der Waals surface area contributed by atoms with Crippen molar-refractivity contribution in [1.82, 2.24) is 4.90 Å². The van der Waals surface area contributed by atoms with Crippen LogP contribution in [0.3, 0.4) is 0 Å². The normalized spacial score (nSPS) is 19.3. The number of nitrogens with zero attached hydrogens (tertiary/aromatic N) is 1. The second-order valence-electron chi connectivity index (χ2n) is 4.54. The van der Waals surface area contributed by atoms with Gasteiger partial charge in [-0.25, -0.2) is 0 Å². The lowest BCUT2D eigenvalue weighted by atomic mass is 10.0. The summed E-state index contributed by atoms with van der Waals surface area (Å²) >= 11 is 17.0. The zero-order chi connectivity index (χ0) is 14.0. The Morgan fingerprint density at radius 3 is 2.74 bits per heavy atom. The van der Waals surface area contributed by atoms with Crippen LogP contribution in [0.5, 0.6) is 0 Å². The molecule has 1 amide bonds. The van der Waals surface area contributed by atoms with E-state index in [1.54, 1.807) is 23.1 Å². The monoisotopic (exact) mass is 316 g/mol. The van der Waals surface area contributed by atoms with Crippen molar-refractivity contribution in [1.29, 1.82) is 0 Å². The van der Waals surface area contributed by atoms with Crippen LogP contribution in [0.25, 0.3) is 0 Å². The molecule has 1 aromatic carbocycles. The molecule has 0 bridgehead atoms. The van der Waals surface area contributed by atoms with Crippen molar-refractivity contribution < 1.29 is 4.79 Å². The van der Waals surface area contributed by atoms with E-state index in [-0.39, 0.29) is 11.9 Å². The summed E-state index contributed by atoms with van der Waals surface area (Å²) in [5, 5.41) is 0.857. The fourth-order valence-electron chi connectivity index (χ4n) is 2.29. The third-order valence-electron chi connectivity index (χ3n) is 3.25. The van der Waals surface area contributed by atoms with Crippen molar-refractivity contribution >= 4 is 46.3 Å². The highest BCUT2D eigenvalue weighted by Crippen LogP contribution is 2.25. The number of hydrogen-bond donors (Lipinski definition) is 1. The Morgan fingerprint density at radius 2 is 2.11 bits per heavy atom. The van der Waals surface area contributed by atoms with E-state index in [1.807, 2.05) is 0 Å². The average molecular weight is 317 g/mol. The third-order valence-corrected chi connectivity index (χ3v) is 4.07. The minimum absolute atomic E-state index is 0.140. The van der Waals surface area contributed by atoms with Gasteiger partial charge in [-0.1, -0.05) is 35.4 Å². The predicted molar refractivity (Wildman–Crippen MR) is 81.9 cm³/mol. The number of amides is 1. The van der Waals surface area contributed by atoms with Gasteiger partial charge in [0.25, 0.3) is 5.91 Å². The quantitative estimate of drug-likeness (QED) is 0.852. The van der Waals surface area contributed by atoms with Gasteiger partial charge in [0, 0.05) is 11.6 Å². The summed E-state index contributed by atoms with van der Waals surface area (Å²) in [7, 11) is 0. The van der Waals surface area contributed by atoms with Crippen molar-refractivity contribution in [2.24, 2.45) is 5.73 Å². The van der Waals surface area contributed by atoms with E-state index in [9.17, 15) is 4.79 Å². The van der Waals surface area contributed by atoms with E-state index in [0.717, 1.165) is 19.3 Å². The largest absolute Gasteiger partial charge is 0.392 e. The lowest BCUT2D eigenvalue weighted by Crippen LogP contribution is -2.49. The van der Waals surface area contributed by atoms with Crippen molar-refractivity contribution in [2.75, 3.05) is 6.54 Å². The molecule has 1 atom stereocenters. The van der Waals surface area contributed by atoms with Crippen LogP contribution < -0.4 is 5.73 Å². The summed E-state index contributed by atoms with van der Waals surface area (Å²) in [6.45, 7) is 0.653. The number of thiocarbonyl (C=S) groups is 1. The van der Waals surface area contributed by atoms with Gasteiger partial charge in [0.1, 0.15) is 0 Å². The van der Waals surface area contributed by atoms with Gasteiger partial charge >= 0.3 is 0 Å². The van der Waals surface area contributed by atoms with Crippen molar-refractivity contribution in [3.63, 3.8) is 0 Å². The maximum absolute atomic E-state index is 12.5. The first-order valence-electron chi connectivity index (χ1n) is 6.06. The Kier molecular flexibility index (Phi) is 4.66. The average Bonchev–Trinajstić information content (AvgIpc) is 2.38. The van der Waals surface area contributed by atoms with Gasteiger partial charge in [-0.05, 0) is 37.5 Å². The van der Waals surface area contributed by atoms with Gasteiger partial charge in [-0.3, -0.25) is 4.79 Å². The molecular formula is C13H14Cl2N2OS. The van der Waals surface area contributed by atoms with Gasteiger partial charge in [0.15, 0.2) is 0 Å². The molecule has 3 nitrogen and oxygen atoms in total. The predicted octanol–water partition coefficient (Wildman–Crippen LogP) is 3.27. The second-order valence-corrected chi connectivity index (χ2v) is 5.85. The molecule has 1 saturated heterocycles. The van der Waals surface area contributed by atoms with Crippen LogP contribution >= 0.6 is 35.4 Å². The Morgan fingerprint density at radius 1 is 1.37 bits per heavy atom. The third kappa shape index (κ3) is 3.19. The molecule has 1 unspecified atom stereocenters. The van der Waals surface area contributed by atoms with E-state index in [0.29, 0.717) is 27.1 Å². The minimum atomic E-state index is -0.178. The van der Waals surface area contributed by atoms with Crippen molar-refractivity contribution in [2.45, 2.75) is 25.3 Å². The van der Waals surface area contributed by atoms with Crippen LogP contribution in [-0.2, 0) is 0 Å². The summed E-state index contributed by atoms with van der Waals surface area (Å²) in [5.41, 5.74) is 6.16. The summed E-state index contributed by atoms with van der Waals surface area (Å²) in [6, 6.07) is 4.68. The molecule has 0 spiro atoms. The smallest absolute Gasteiger partial charge is 0.255 e. The number of piperidine rings is 1. The molecule has 6 heteroatoms.